The predicted octanol–water partition coefficient (Wildman–Crippen LogP) is 1.55. The molecule has 0 saturated carbocycles. The predicted molar refractivity (Wildman–Crippen MR) is 72.1 cm³/mol. The van der Waals surface area contributed by atoms with Gasteiger partial charge in [-0.05, 0) is 12.0 Å². The zero-order valence-electron chi connectivity index (χ0n) is 11.3. The van der Waals surface area contributed by atoms with Gasteiger partial charge in [-0.15, -0.1) is 0 Å². The molecule has 2 heterocycles. The summed E-state index contributed by atoms with van der Waals surface area (Å²) in [6.07, 6.45) is 0.511. The van der Waals surface area contributed by atoms with Gasteiger partial charge >= 0.3 is 6.09 Å². The van der Waals surface area contributed by atoms with Crippen LogP contribution in [0.25, 0.3) is 0 Å². The Bertz CT molecular complexity index is 472. The molecule has 1 aromatic rings. The van der Waals surface area contributed by atoms with E-state index in [9.17, 15) is 9.90 Å². The molecule has 1 atom stereocenters. The standard InChI is InChI=1S/C15H19NO4/c17-13-6-7-16(15(8-13)10-19-11-15)14(18)20-9-12-4-2-1-3-5-12/h1-5,13,17H,6-11H2. The second-order valence-corrected chi connectivity index (χ2v) is 5.56. The fourth-order valence-electron chi connectivity index (χ4n) is 2.86. The third-order valence-electron chi connectivity index (χ3n) is 4.04. The molecule has 2 saturated heterocycles. The van der Waals surface area contributed by atoms with Gasteiger partial charge in [0.25, 0.3) is 0 Å². The Morgan fingerprint density at radius 2 is 2.15 bits per heavy atom. The molecule has 108 valence electrons. The van der Waals surface area contributed by atoms with E-state index in [1.807, 2.05) is 30.3 Å². The molecule has 0 bridgehead atoms. The number of hydrogen-bond acceptors (Lipinski definition) is 4. The molecule has 20 heavy (non-hydrogen) atoms. The molecule has 1 amide bonds. The number of aliphatic hydroxyl groups is 1. The van der Waals surface area contributed by atoms with Gasteiger partial charge in [0, 0.05) is 13.0 Å². The average molecular weight is 277 g/mol. The van der Waals surface area contributed by atoms with Crippen LogP contribution in [0.4, 0.5) is 4.79 Å². The summed E-state index contributed by atoms with van der Waals surface area (Å²) in [5.41, 5.74) is 0.614. The topological polar surface area (TPSA) is 59.0 Å². The minimum atomic E-state index is -0.356. The Morgan fingerprint density at radius 3 is 2.80 bits per heavy atom. The highest BCUT2D eigenvalue weighted by Gasteiger charge is 2.50. The van der Waals surface area contributed by atoms with Crippen molar-refractivity contribution in [3.63, 3.8) is 0 Å². The molecule has 1 unspecified atom stereocenters. The molecule has 2 fully saturated rings. The molecule has 0 aliphatic carbocycles. The van der Waals surface area contributed by atoms with Crippen LogP contribution in [0.3, 0.4) is 0 Å². The van der Waals surface area contributed by atoms with Crippen LogP contribution in [-0.2, 0) is 16.1 Å². The molecule has 2 aliphatic rings. The summed E-state index contributed by atoms with van der Waals surface area (Å²) in [4.78, 5) is 14.0. The van der Waals surface area contributed by atoms with E-state index in [-0.39, 0.29) is 24.3 Å². The minimum absolute atomic E-state index is 0.273. The lowest BCUT2D eigenvalue weighted by Crippen LogP contribution is -2.67. The van der Waals surface area contributed by atoms with Crippen molar-refractivity contribution in [2.24, 2.45) is 0 Å². The minimum Gasteiger partial charge on any atom is -0.445 e. The molecule has 5 heteroatoms. The lowest BCUT2D eigenvalue weighted by Gasteiger charge is -2.52. The van der Waals surface area contributed by atoms with E-state index < -0.39 is 0 Å². The first-order valence-electron chi connectivity index (χ1n) is 6.94. The number of carbonyl (C=O) groups excluding carboxylic acids is 1. The highest BCUT2D eigenvalue weighted by molar-refractivity contribution is 5.69. The quantitative estimate of drug-likeness (QED) is 0.891. The van der Waals surface area contributed by atoms with E-state index >= 15 is 0 Å². The molecule has 1 N–H and O–H groups in total. The van der Waals surface area contributed by atoms with Crippen LogP contribution in [0.15, 0.2) is 30.3 Å². The first-order valence-corrected chi connectivity index (χ1v) is 6.94. The molecule has 2 aliphatic heterocycles. The van der Waals surface area contributed by atoms with E-state index in [0.29, 0.717) is 32.6 Å². The van der Waals surface area contributed by atoms with Crippen LogP contribution in [0.5, 0.6) is 0 Å². The van der Waals surface area contributed by atoms with Gasteiger partial charge in [0.05, 0.1) is 24.9 Å². The molecule has 0 aromatic heterocycles. The second-order valence-electron chi connectivity index (χ2n) is 5.56. The maximum absolute atomic E-state index is 12.3. The molecule has 1 spiro atoms. The average Bonchev–Trinajstić information content (AvgIpc) is 2.44. The summed E-state index contributed by atoms with van der Waals surface area (Å²) in [7, 11) is 0. The van der Waals surface area contributed by atoms with Crippen molar-refractivity contribution in [1.29, 1.82) is 0 Å². The van der Waals surface area contributed by atoms with Gasteiger partial charge in [0.15, 0.2) is 0 Å². The maximum atomic E-state index is 12.3. The highest BCUT2D eigenvalue weighted by atomic mass is 16.6. The summed E-state index contributed by atoms with van der Waals surface area (Å²) in [5.74, 6) is 0. The second kappa shape index (κ2) is 5.42. The molecule has 1 aromatic carbocycles. The van der Waals surface area contributed by atoms with Gasteiger partial charge in [-0.1, -0.05) is 30.3 Å². The van der Waals surface area contributed by atoms with Crippen molar-refractivity contribution in [3.05, 3.63) is 35.9 Å². The van der Waals surface area contributed by atoms with E-state index in [0.717, 1.165) is 5.56 Å². The van der Waals surface area contributed by atoms with Crippen LogP contribution in [0, 0.1) is 0 Å². The van der Waals surface area contributed by atoms with Gasteiger partial charge in [-0.3, -0.25) is 4.90 Å². The number of nitrogens with zero attached hydrogens (tertiary/aromatic N) is 1. The van der Waals surface area contributed by atoms with Crippen molar-refractivity contribution < 1.29 is 19.4 Å². The van der Waals surface area contributed by atoms with E-state index in [4.69, 9.17) is 9.47 Å². The van der Waals surface area contributed by atoms with Crippen LogP contribution in [0.1, 0.15) is 18.4 Å². The van der Waals surface area contributed by atoms with Crippen LogP contribution in [-0.4, -0.2) is 47.5 Å². The Morgan fingerprint density at radius 1 is 1.40 bits per heavy atom. The molecule has 5 nitrogen and oxygen atoms in total. The number of ether oxygens (including phenoxy) is 2. The van der Waals surface area contributed by atoms with Crippen molar-refractivity contribution in [2.45, 2.75) is 31.1 Å². The smallest absolute Gasteiger partial charge is 0.410 e. The lowest BCUT2D eigenvalue weighted by atomic mass is 9.83. The van der Waals surface area contributed by atoms with Crippen LogP contribution < -0.4 is 0 Å². The molecular weight excluding hydrogens is 258 g/mol. The number of hydrogen-bond donors (Lipinski definition) is 1. The first kappa shape index (κ1) is 13.4. The third-order valence-corrected chi connectivity index (χ3v) is 4.04. The van der Waals surface area contributed by atoms with Crippen molar-refractivity contribution in [1.82, 2.24) is 4.90 Å². The Kier molecular flexibility index (Phi) is 3.63. The zero-order chi connectivity index (χ0) is 14.0. The largest absolute Gasteiger partial charge is 0.445 e. The summed E-state index contributed by atoms with van der Waals surface area (Å²) < 4.78 is 10.6. The van der Waals surface area contributed by atoms with Gasteiger partial charge in [0.2, 0.25) is 0 Å². The summed E-state index contributed by atoms with van der Waals surface area (Å²) in [6, 6.07) is 9.62. The number of benzene rings is 1. The van der Waals surface area contributed by atoms with E-state index in [2.05, 4.69) is 0 Å². The zero-order valence-corrected chi connectivity index (χ0v) is 11.3. The summed E-state index contributed by atoms with van der Waals surface area (Å²) in [5, 5.41) is 9.78. The first-order chi connectivity index (χ1) is 9.70. The van der Waals surface area contributed by atoms with Crippen molar-refractivity contribution >= 4 is 6.09 Å². The van der Waals surface area contributed by atoms with E-state index in [1.54, 1.807) is 4.90 Å². The Hall–Kier alpha value is -1.59. The number of amides is 1. The number of piperidine rings is 1. The number of carbonyl (C=O) groups is 1. The van der Waals surface area contributed by atoms with Gasteiger partial charge < -0.3 is 14.6 Å². The third kappa shape index (κ3) is 2.51. The molecular formula is C15H19NO4. The SMILES string of the molecule is O=C(OCc1ccccc1)N1CCC(O)CC12COC2. The fourth-order valence-corrected chi connectivity index (χ4v) is 2.86. The number of likely N-dealkylation sites (tertiary alicyclic amines) is 1. The normalized spacial score (nSPS) is 24.2. The Balaban J connectivity index is 1.61. The maximum Gasteiger partial charge on any atom is 0.410 e. The lowest BCUT2D eigenvalue weighted by molar-refractivity contribution is -0.164. The number of rotatable bonds is 2. The highest BCUT2D eigenvalue weighted by Crippen LogP contribution is 2.35. The Labute approximate surface area is 118 Å². The van der Waals surface area contributed by atoms with Gasteiger partial charge in [-0.2, -0.15) is 0 Å². The van der Waals surface area contributed by atoms with Crippen LogP contribution in [0.2, 0.25) is 0 Å². The van der Waals surface area contributed by atoms with Crippen LogP contribution >= 0.6 is 0 Å². The summed E-state index contributed by atoms with van der Waals surface area (Å²) >= 11 is 0. The number of aliphatic hydroxyl groups excluding tert-OH is 1. The van der Waals surface area contributed by atoms with Gasteiger partial charge in [0.1, 0.15) is 6.61 Å². The fraction of sp³-hybridized carbons (Fsp3) is 0.533. The van der Waals surface area contributed by atoms with Crippen molar-refractivity contribution in [2.75, 3.05) is 19.8 Å². The van der Waals surface area contributed by atoms with Crippen molar-refractivity contribution in [3.8, 4) is 0 Å². The van der Waals surface area contributed by atoms with E-state index in [1.165, 1.54) is 0 Å². The molecule has 0 radical (unpaired) electrons. The monoisotopic (exact) mass is 277 g/mol. The van der Waals surface area contributed by atoms with Gasteiger partial charge in [-0.25, -0.2) is 4.79 Å². The molecule has 3 rings (SSSR count). The summed E-state index contributed by atoms with van der Waals surface area (Å²) in [6.45, 7) is 1.78.